The van der Waals surface area contributed by atoms with E-state index in [9.17, 15) is 9.59 Å². The van der Waals surface area contributed by atoms with Gasteiger partial charge < -0.3 is 24.6 Å². The highest BCUT2D eigenvalue weighted by molar-refractivity contribution is 5.98. The van der Waals surface area contributed by atoms with Crippen LogP contribution in [0.15, 0.2) is 12.1 Å². The van der Waals surface area contributed by atoms with E-state index < -0.39 is 17.4 Å². The van der Waals surface area contributed by atoms with E-state index >= 15 is 0 Å². The smallest absolute Gasteiger partial charge is 0.328 e. The predicted octanol–water partition coefficient (Wildman–Crippen LogP) is 2.48. The molecular weight excluding hydrogens is 314 g/mol. The van der Waals surface area contributed by atoms with Crippen LogP contribution in [-0.4, -0.2) is 42.3 Å². The first-order chi connectivity index (χ1) is 11.3. The van der Waals surface area contributed by atoms with Crippen LogP contribution in [0, 0.1) is 0 Å². The normalized spacial score (nSPS) is 10.9. The minimum absolute atomic E-state index is 0.236. The molecule has 0 aliphatic rings. The number of carbonyl (C=O) groups excluding carboxylic acids is 1. The van der Waals surface area contributed by atoms with Gasteiger partial charge in [0.2, 0.25) is 5.75 Å². The molecule has 0 unspecified atom stereocenters. The number of hydrogen-bond donors (Lipinski definition) is 2. The average molecular weight is 339 g/mol. The molecule has 0 aliphatic heterocycles. The Morgan fingerprint density at radius 3 is 1.83 bits per heavy atom. The average Bonchev–Trinajstić information content (AvgIpc) is 2.50. The molecule has 0 heterocycles. The highest BCUT2D eigenvalue weighted by Gasteiger charge is 2.30. The molecule has 7 heteroatoms. The minimum atomic E-state index is -1.40. The molecular formula is C17H25NO6. The standard InChI is InChI=1S/C17H25NO6/c1-6-22-12-9-11(15(19)18-17(4,5)16(20)21)10-13(23-7-2)14(12)24-8-3/h9-10H,6-8H2,1-5H3,(H,18,19)(H,20,21). The number of amides is 1. The Morgan fingerprint density at radius 1 is 1.00 bits per heavy atom. The molecule has 0 aliphatic carbocycles. The molecule has 7 nitrogen and oxygen atoms in total. The van der Waals surface area contributed by atoms with Gasteiger partial charge in [0, 0.05) is 5.56 Å². The topological polar surface area (TPSA) is 94.1 Å². The third kappa shape index (κ3) is 4.78. The van der Waals surface area contributed by atoms with Gasteiger partial charge in [-0.15, -0.1) is 0 Å². The molecule has 0 bridgehead atoms. The van der Waals surface area contributed by atoms with Crippen molar-refractivity contribution in [2.75, 3.05) is 19.8 Å². The highest BCUT2D eigenvalue weighted by Crippen LogP contribution is 2.39. The number of carbonyl (C=O) groups is 2. The molecule has 24 heavy (non-hydrogen) atoms. The number of carboxylic acid groups (broad SMARTS) is 1. The fourth-order valence-corrected chi connectivity index (χ4v) is 1.93. The lowest BCUT2D eigenvalue weighted by atomic mass is 10.0. The van der Waals surface area contributed by atoms with Crippen molar-refractivity contribution < 1.29 is 28.9 Å². The third-order valence-electron chi connectivity index (χ3n) is 3.13. The summed E-state index contributed by atoms with van der Waals surface area (Å²) in [6, 6.07) is 3.04. The second-order valence-electron chi connectivity index (χ2n) is 5.48. The molecule has 1 amide bonds. The Labute approximate surface area is 141 Å². The molecule has 0 atom stereocenters. The zero-order valence-electron chi connectivity index (χ0n) is 14.8. The number of benzene rings is 1. The van der Waals surface area contributed by atoms with Crippen LogP contribution in [-0.2, 0) is 4.79 Å². The molecule has 0 fully saturated rings. The van der Waals surface area contributed by atoms with Crippen molar-refractivity contribution in [2.24, 2.45) is 0 Å². The fourth-order valence-electron chi connectivity index (χ4n) is 1.93. The van der Waals surface area contributed by atoms with Crippen molar-refractivity contribution in [2.45, 2.75) is 40.2 Å². The summed E-state index contributed by atoms with van der Waals surface area (Å²) in [5, 5.41) is 11.6. The zero-order valence-corrected chi connectivity index (χ0v) is 14.8. The van der Waals surface area contributed by atoms with Gasteiger partial charge >= 0.3 is 5.97 Å². The van der Waals surface area contributed by atoms with Crippen molar-refractivity contribution in [3.05, 3.63) is 17.7 Å². The lowest BCUT2D eigenvalue weighted by molar-refractivity contribution is -0.143. The van der Waals surface area contributed by atoms with E-state index in [1.807, 2.05) is 20.8 Å². The van der Waals surface area contributed by atoms with E-state index in [1.54, 1.807) is 0 Å². The summed E-state index contributed by atoms with van der Waals surface area (Å²) >= 11 is 0. The summed E-state index contributed by atoms with van der Waals surface area (Å²) in [5.74, 6) is -0.480. The van der Waals surface area contributed by atoms with Gasteiger partial charge in [-0.05, 0) is 46.8 Å². The van der Waals surface area contributed by atoms with Gasteiger partial charge in [-0.2, -0.15) is 0 Å². The molecule has 2 N–H and O–H groups in total. The van der Waals surface area contributed by atoms with Crippen LogP contribution in [0.2, 0.25) is 0 Å². The van der Waals surface area contributed by atoms with Crippen molar-refractivity contribution in [3.63, 3.8) is 0 Å². The zero-order chi connectivity index (χ0) is 18.3. The molecule has 0 radical (unpaired) electrons. The van der Waals surface area contributed by atoms with Crippen molar-refractivity contribution >= 4 is 11.9 Å². The van der Waals surface area contributed by atoms with Gasteiger partial charge in [-0.25, -0.2) is 4.79 Å². The monoisotopic (exact) mass is 339 g/mol. The van der Waals surface area contributed by atoms with Crippen molar-refractivity contribution in [3.8, 4) is 17.2 Å². The molecule has 0 saturated heterocycles. The predicted molar refractivity (Wildman–Crippen MR) is 89.1 cm³/mol. The fraction of sp³-hybridized carbons (Fsp3) is 0.529. The number of rotatable bonds is 9. The van der Waals surface area contributed by atoms with Crippen molar-refractivity contribution in [1.29, 1.82) is 0 Å². The van der Waals surface area contributed by atoms with Crippen LogP contribution >= 0.6 is 0 Å². The third-order valence-corrected chi connectivity index (χ3v) is 3.13. The van der Waals surface area contributed by atoms with Crippen LogP contribution < -0.4 is 19.5 Å². The molecule has 0 spiro atoms. The van der Waals surface area contributed by atoms with Gasteiger partial charge in [-0.1, -0.05) is 0 Å². The van der Waals surface area contributed by atoms with E-state index in [-0.39, 0.29) is 5.56 Å². The second kappa shape index (κ2) is 8.42. The maximum Gasteiger partial charge on any atom is 0.328 e. The summed E-state index contributed by atoms with van der Waals surface area (Å²) < 4.78 is 16.7. The van der Waals surface area contributed by atoms with E-state index in [1.165, 1.54) is 26.0 Å². The summed E-state index contributed by atoms with van der Waals surface area (Å²) in [7, 11) is 0. The van der Waals surface area contributed by atoms with Crippen LogP contribution in [0.3, 0.4) is 0 Å². The van der Waals surface area contributed by atoms with Gasteiger partial charge in [0.1, 0.15) is 5.54 Å². The number of nitrogens with one attached hydrogen (secondary N) is 1. The Kier molecular flexibility index (Phi) is 6.88. The second-order valence-corrected chi connectivity index (χ2v) is 5.48. The summed E-state index contributed by atoms with van der Waals surface area (Å²) in [4.78, 5) is 23.6. The molecule has 1 aromatic rings. The first kappa shape index (κ1) is 19.6. The summed E-state index contributed by atoms with van der Waals surface area (Å²) in [6.07, 6.45) is 0. The van der Waals surface area contributed by atoms with E-state index in [0.29, 0.717) is 37.1 Å². The Bertz CT molecular complexity index is 570. The maximum atomic E-state index is 12.4. The molecule has 1 aromatic carbocycles. The number of ether oxygens (including phenoxy) is 3. The first-order valence-corrected chi connectivity index (χ1v) is 7.89. The van der Waals surface area contributed by atoms with Gasteiger partial charge in [-0.3, -0.25) is 4.79 Å². The molecule has 134 valence electrons. The lowest BCUT2D eigenvalue weighted by Gasteiger charge is -2.22. The molecule has 0 aromatic heterocycles. The van der Waals surface area contributed by atoms with Gasteiger partial charge in [0.25, 0.3) is 5.91 Å². The minimum Gasteiger partial charge on any atom is -0.490 e. The number of aliphatic carboxylic acids is 1. The summed E-state index contributed by atoms with van der Waals surface area (Å²) in [5.41, 5.74) is -1.16. The number of hydrogen-bond acceptors (Lipinski definition) is 5. The summed E-state index contributed by atoms with van der Waals surface area (Å²) in [6.45, 7) is 9.48. The van der Waals surface area contributed by atoms with E-state index in [2.05, 4.69) is 5.32 Å². The van der Waals surface area contributed by atoms with Gasteiger partial charge in [0.05, 0.1) is 19.8 Å². The largest absolute Gasteiger partial charge is 0.490 e. The Balaban J connectivity index is 3.28. The van der Waals surface area contributed by atoms with Crippen LogP contribution in [0.5, 0.6) is 17.2 Å². The Morgan fingerprint density at radius 2 is 1.46 bits per heavy atom. The van der Waals surface area contributed by atoms with E-state index in [0.717, 1.165) is 0 Å². The van der Waals surface area contributed by atoms with Crippen LogP contribution in [0.4, 0.5) is 0 Å². The van der Waals surface area contributed by atoms with Gasteiger partial charge in [0.15, 0.2) is 11.5 Å². The van der Waals surface area contributed by atoms with Crippen molar-refractivity contribution in [1.82, 2.24) is 5.32 Å². The maximum absolute atomic E-state index is 12.4. The molecule has 0 saturated carbocycles. The quantitative estimate of drug-likeness (QED) is 0.718. The van der Waals surface area contributed by atoms with E-state index in [4.69, 9.17) is 19.3 Å². The van der Waals surface area contributed by atoms with Crippen LogP contribution in [0.25, 0.3) is 0 Å². The Hall–Kier alpha value is -2.44. The SMILES string of the molecule is CCOc1cc(C(=O)NC(C)(C)C(=O)O)cc(OCC)c1OCC. The first-order valence-electron chi connectivity index (χ1n) is 7.89. The highest BCUT2D eigenvalue weighted by atomic mass is 16.5. The van der Waals surface area contributed by atoms with Crippen LogP contribution in [0.1, 0.15) is 45.0 Å². The molecule has 1 rings (SSSR count). The number of carboxylic acids is 1. The lowest BCUT2D eigenvalue weighted by Crippen LogP contribution is -2.49.